The molecule has 1 aromatic rings. The molecule has 9 heteroatoms. The molecular formula is C21H29BF4O4. The van der Waals surface area contributed by atoms with Gasteiger partial charge in [-0.05, 0) is 70.5 Å². The van der Waals surface area contributed by atoms with Crippen molar-refractivity contribution in [3.63, 3.8) is 0 Å². The molecule has 1 aromatic carbocycles. The Bertz CT molecular complexity index is 771. The van der Waals surface area contributed by atoms with E-state index in [1.165, 1.54) is 19.2 Å². The number of rotatable bonds is 8. The highest BCUT2D eigenvalue weighted by Gasteiger charge is 2.39. The maximum Gasteiger partial charge on any atom is 0.389 e. The van der Waals surface area contributed by atoms with Gasteiger partial charge < -0.3 is 14.5 Å². The first-order valence-corrected chi connectivity index (χ1v) is 9.98. The maximum absolute atomic E-state index is 14.8. The quantitative estimate of drug-likeness (QED) is 0.384. The van der Waals surface area contributed by atoms with Gasteiger partial charge in [-0.2, -0.15) is 13.2 Å². The van der Waals surface area contributed by atoms with E-state index >= 15 is 0 Å². The van der Waals surface area contributed by atoms with Crippen molar-refractivity contribution < 1.29 is 36.9 Å². The van der Waals surface area contributed by atoms with Gasteiger partial charge in [0.1, 0.15) is 11.6 Å². The van der Waals surface area contributed by atoms with Crippen molar-refractivity contribution >= 4 is 18.7 Å². The van der Waals surface area contributed by atoms with Crippen LogP contribution in [0.2, 0.25) is 0 Å². The summed E-state index contributed by atoms with van der Waals surface area (Å²) in [5.41, 5.74) is -1.87. The minimum Gasteiger partial charge on any atom is -0.496 e. The predicted octanol–water partition coefficient (Wildman–Crippen LogP) is 3.93. The number of hydrogen-bond donors (Lipinski definition) is 1. The third-order valence-corrected chi connectivity index (χ3v) is 6.09. The fraction of sp³-hybridized carbons (Fsp3) is 0.667. The third-order valence-electron chi connectivity index (χ3n) is 6.09. The van der Waals surface area contributed by atoms with E-state index in [9.17, 15) is 27.5 Å². The molecule has 0 spiro atoms. The Kier molecular flexibility index (Phi) is 7.29. The van der Waals surface area contributed by atoms with Gasteiger partial charge >= 0.3 is 13.7 Å². The van der Waals surface area contributed by atoms with Crippen LogP contribution >= 0.6 is 0 Å². The highest BCUT2D eigenvalue weighted by molar-refractivity contribution is 6.47. The normalized spacial score (nSPS) is 20.3. The summed E-state index contributed by atoms with van der Waals surface area (Å²) in [5.74, 6) is -2.57. The minimum absolute atomic E-state index is 0.0180. The third kappa shape index (κ3) is 5.97. The highest BCUT2D eigenvalue weighted by Crippen LogP contribution is 2.40. The van der Waals surface area contributed by atoms with Gasteiger partial charge in [0.05, 0.1) is 23.9 Å². The fourth-order valence-corrected chi connectivity index (χ4v) is 3.59. The molecule has 0 bridgehead atoms. The van der Waals surface area contributed by atoms with Crippen molar-refractivity contribution in [2.45, 2.75) is 70.8 Å². The standard InChI is InChI=1S/C21H29BF4O4/c1-19(2,28)20(3,4)30-22-14-9-15(23)17(16(10-14)29-5)18(27)13-7-6-12(8-13)11-21(24,25)26/h9-10,12-13,22,28H,6-8,11H2,1-5H3. The van der Waals surface area contributed by atoms with Crippen LogP contribution in [0.25, 0.3) is 0 Å². The summed E-state index contributed by atoms with van der Waals surface area (Å²) in [6, 6.07) is 2.65. The zero-order chi connectivity index (χ0) is 22.9. The highest BCUT2D eigenvalue weighted by atomic mass is 19.4. The molecule has 1 saturated carbocycles. The topological polar surface area (TPSA) is 55.8 Å². The molecule has 0 aliphatic heterocycles. The Morgan fingerprint density at radius 1 is 1.20 bits per heavy atom. The van der Waals surface area contributed by atoms with Crippen molar-refractivity contribution in [3.8, 4) is 5.75 Å². The molecule has 4 nitrogen and oxygen atoms in total. The summed E-state index contributed by atoms with van der Waals surface area (Å²) in [4.78, 5) is 12.9. The molecule has 1 fully saturated rings. The fourth-order valence-electron chi connectivity index (χ4n) is 3.59. The molecule has 1 N–H and O–H groups in total. The van der Waals surface area contributed by atoms with Crippen LogP contribution in [0.4, 0.5) is 17.6 Å². The van der Waals surface area contributed by atoms with Gasteiger partial charge in [0.2, 0.25) is 0 Å². The van der Waals surface area contributed by atoms with E-state index < -0.39 is 47.2 Å². The lowest BCUT2D eigenvalue weighted by atomic mass is 9.81. The van der Waals surface area contributed by atoms with E-state index in [0.717, 1.165) is 0 Å². The second-order valence-electron chi connectivity index (χ2n) is 9.07. The molecule has 1 aliphatic carbocycles. The van der Waals surface area contributed by atoms with Crippen molar-refractivity contribution in [2.24, 2.45) is 11.8 Å². The number of ketones is 1. The molecule has 168 valence electrons. The predicted molar refractivity (Wildman–Crippen MR) is 107 cm³/mol. The summed E-state index contributed by atoms with van der Waals surface area (Å²) in [7, 11) is 1.29. The Hall–Kier alpha value is -1.61. The lowest BCUT2D eigenvalue weighted by Gasteiger charge is -2.37. The molecule has 2 unspecified atom stereocenters. The van der Waals surface area contributed by atoms with Gasteiger partial charge in [-0.3, -0.25) is 4.79 Å². The Morgan fingerprint density at radius 2 is 1.83 bits per heavy atom. The Morgan fingerprint density at radius 3 is 2.37 bits per heavy atom. The number of methoxy groups -OCH3 is 1. The summed E-state index contributed by atoms with van der Waals surface area (Å²) in [6.45, 7) is 6.61. The minimum atomic E-state index is -4.27. The van der Waals surface area contributed by atoms with Crippen LogP contribution < -0.4 is 10.2 Å². The number of Topliss-reactive ketones (excluding diaryl/α,β-unsaturated/α-hetero) is 1. The average molecular weight is 432 g/mol. The Labute approximate surface area is 175 Å². The van der Waals surface area contributed by atoms with Gasteiger partial charge in [0.15, 0.2) is 5.78 Å². The first kappa shape index (κ1) is 24.7. The van der Waals surface area contributed by atoms with Crippen LogP contribution in [0, 0.1) is 17.7 Å². The largest absolute Gasteiger partial charge is 0.496 e. The molecule has 0 aromatic heterocycles. The van der Waals surface area contributed by atoms with Crippen molar-refractivity contribution in [2.75, 3.05) is 7.11 Å². The maximum atomic E-state index is 14.8. The van der Waals surface area contributed by atoms with Crippen LogP contribution in [-0.4, -0.2) is 42.9 Å². The van der Waals surface area contributed by atoms with Crippen LogP contribution in [0.3, 0.4) is 0 Å². The molecule has 0 heterocycles. The van der Waals surface area contributed by atoms with Gasteiger partial charge in [0.25, 0.3) is 0 Å². The van der Waals surface area contributed by atoms with Crippen LogP contribution in [0.15, 0.2) is 12.1 Å². The van der Waals surface area contributed by atoms with Crippen LogP contribution in [0.1, 0.15) is 63.7 Å². The first-order valence-electron chi connectivity index (χ1n) is 9.98. The van der Waals surface area contributed by atoms with Gasteiger partial charge in [-0.25, -0.2) is 4.39 Å². The van der Waals surface area contributed by atoms with Gasteiger partial charge in [-0.1, -0.05) is 0 Å². The van der Waals surface area contributed by atoms with Crippen molar-refractivity contribution in [1.82, 2.24) is 0 Å². The number of aliphatic hydroxyl groups is 1. The van der Waals surface area contributed by atoms with E-state index in [1.54, 1.807) is 27.7 Å². The second kappa shape index (κ2) is 8.87. The smallest absolute Gasteiger partial charge is 0.389 e. The van der Waals surface area contributed by atoms with Gasteiger partial charge in [0, 0.05) is 12.3 Å². The number of benzene rings is 1. The van der Waals surface area contributed by atoms with Crippen LogP contribution in [-0.2, 0) is 4.65 Å². The number of carbonyl (C=O) groups is 1. The number of alkyl halides is 3. The molecule has 30 heavy (non-hydrogen) atoms. The molecule has 2 rings (SSSR count). The Balaban J connectivity index is 2.17. The van der Waals surface area contributed by atoms with Gasteiger partial charge in [-0.15, -0.1) is 0 Å². The lowest BCUT2D eigenvalue weighted by molar-refractivity contribution is -0.144. The summed E-state index contributed by atoms with van der Waals surface area (Å²) < 4.78 is 63.6. The molecule has 0 radical (unpaired) electrons. The lowest BCUT2D eigenvalue weighted by Crippen LogP contribution is -2.49. The number of hydrogen-bond acceptors (Lipinski definition) is 4. The number of halogens is 4. The zero-order valence-corrected chi connectivity index (χ0v) is 18.0. The van der Waals surface area contributed by atoms with E-state index in [1.807, 2.05) is 0 Å². The van der Waals surface area contributed by atoms with Crippen LogP contribution in [0.5, 0.6) is 5.75 Å². The molecule has 0 saturated heterocycles. The average Bonchev–Trinajstić information content (AvgIpc) is 3.04. The summed E-state index contributed by atoms with van der Waals surface area (Å²) in [6.07, 6.45) is -4.52. The SMILES string of the molecule is COc1cc(BOC(C)(C)C(C)(C)O)cc(F)c1C(=O)C1CCC(CC(F)(F)F)C1. The van der Waals surface area contributed by atoms with E-state index in [-0.39, 0.29) is 31.6 Å². The first-order chi connectivity index (χ1) is 13.6. The van der Waals surface area contributed by atoms with E-state index in [4.69, 9.17) is 9.39 Å². The second-order valence-corrected chi connectivity index (χ2v) is 9.07. The number of carbonyl (C=O) groups excluding carboxylic acids is 1. The summed E-state index contributed by atoms with van der Waals surface area (Å²) >= 11 is 0. The molecule has 0 amide bonds. The summed E-state index contributed by atoms with van der Waals surface area (Å²) in [5, 5.41) is 10.2. The van der Waals surface area contributed by atoms with Crippen molar-refractivity contribution in [1.29, 1.82) is 0 Å². The van der Waals surface area contributed by atoms with E-state index in [0.29, 0.717) is 11.9 Å². The molecule has 2 atom stereocenters. The molecule has 1 aliphatic rings. The van der Waals surface area contributed by atoms with Crippen molar-refractivity contribution in [3.05, 3.63) is 23.5 Å². The monoisotopic (exact) mass is 432 g/mol. The zero-order valence-electron chi connectivity index (χ0n) is 18.0. The van der Waals surface area contributed by atoms with E-state index in [2.05, 4.69) is 0 Å². The molecular weight excluding hydrogens is 403 g/mol. The number of ether oxygens (including phenoxy) is 1.